The quantitative estimate of drug-likeness (QED) is 0.486. The first-order valence-corrected chi connectivity index (χ1v) is 12.7. The lowest BCUT2D eigenvalue weighted by Crippen LogP contribution is -2.29. The van der Waals surface area contributed by atoms with Crippen LogP contribution in [0.5, 0.6) is 0 Å². The molecular weight excluding hydrogens is 468 g/mol. The first-order chi connectivity index (χ1) is 17.7. The second-order valence-corrected chi connectivity index (χ2v) is 10.9. The van der Waals surface area contributed by atoms with Gasteiger partial charge in [-0.15, -0.1) is 0 Å². The van der Waals surface area contributed by atoms with E-state index in [0.717, 1.165) is 42.4 Å². The number of benzene rings is 1. The maximum absolute atomic E-state index is 12.9. The summed E-state index contributed by atoms with van der Waals surface area (Å²) in [6.07, 6.45) is 6.03. The molecule has 2 aromatic heterocycles. The van der Waals surface area contributed by atoms with E-state index in [1.165, 1.54) is 5.56 Å². The van der Waals surface area contributed by atoms with Gasteiger partial charge in [0.25, 0.3) is 0 Å². The maximum Gasteiger partial charge on any atom is 0.315 e. The molecule has 0 saturated heterocycles. The van der Waals surface area contributed by atoms with E-state index in [2.05, 4.69) is 44.0 Å². The minimum absolute atomic E-state index is 0.0222. The van der Waals surface area contributed by atoms with Crippen molar-refractivity contribution >= 4 is 17.6 Å². The molecule has 3 aromatic rings. The van der Waals surface area contributed by atoms with Gasteiger partial charge in [-0.2, -0.15) is 10.2 Å². The van der Waals surface area contributed by atoms with Gasteiger partial charge in [-0.3, -0.25) is 9.59 Å². The van der Waals surface area contributed by atoms with E-state index in [0.29, 0.717) is 18.1 Å². The third kappa shape index (κ3) is 5.38. The van der Waals surface area contributed by atoms with E-state index in [1.807, 2.05) is 39.0 Å². The fraction of sp³-hybridized carbons (Fsp3) is 0.429. The number of amides is 2. The Morgan fingerprint density at radius 2 is 1.95 bits per heavy atom. The van der Waals surface area contributed by atoms with Crippen LogP contribution in [0, 0.1) is 23.2 Å². The standard InChI is InChI=1S/C28H30N6O3/c1-28(2,3)27-33-26(37-34-27)25(36)31-22-7-5-4-6-18-12-16(8-9-20(18)22)17-10-11-30-23(14-17)32-24(35)21-13-19(21)15-29/h8-12,14,19,21-22H,4-7,13H2,1-3H3,(H,31,36)(H,30,32,35)/t19-,21-,22?/m1/s1. The molecule has 1 saturated carbocycles. The van der Waals surface area contributed by atoms with E-state index in [-0.39, 0.29) is 41.0 Å². The van der Waals surface area contributed by atoms with Gasteiger partial charge in [0.2, 0.25) is 5.91 Å². The Morgan fingerprint density at radius 3 is 2.68 bits per heavy atom. The summed E-state index contributed by atoms with van der Waals surface area (Å²) in [4.78, 5) is 33.8. The number of hydrogen-bond donors (Lipinski definition) is 2. The highest BCUT2D eigenvalue weighted by atomic mass is 16.5. The van der Waals surface area contributed by atoms with Gasteiger partial charge in [0.1, 0.15) is 5.82 Å². The number of aromatic nitrogens is 3. The van der Waals surface area contributed by atoms with Crippen molar-refractivity contribution in [3.63, 3.8) is 0 Å². The zero-order valence-electron chi connectivity index (χ0n) is 21.2. The maximum atomic E-state index is 12.9. The molecule has 2 aliphatic carbocycles. The van der Waals surface area contributed by atoms with Gasteiger partial charge >= 0.3 is 11.8 Å². The predicted octanol–water partition coefficient (Wildman–Crippen LogP) is 4.72. The highest BCUT2D eigenvalue weighted by molar-refractivity contribution is 5.94. The molecule has 1 aromatic carbocycles. The van der Waals surface area contributed by atoms with Crippen molar-refractivity contribution in [3.05, 3.63) is 59.4 Å². The summed E-state index contributed by atoms with van der Waals surface area (Å²) < 4.78 is 5.24. The van der Waals surface area contributed by atoms with Crippen LogP contribution >= 0.6 is 0 Å². The Balaban J connectivity index is 1.33. The number of nitrogens with zero attached hydrogens (tertiary/aromatic N) is 4. The largest absolute Gasteiger partial charge is 0.341 e. The predicted molar refractivity (Wildman–Crippen MR) is 136 cm³/mol. The van der Waals surface area contributed by atoms with Crippen molar-refractivity contribution in [3.8, 4) is 17.2 Å². The Kier molecular flexibility index (Phi) is 6.50. The van der Waals surface area contributed by atoms with Gasteiger partial charge in [0, 0.05) is 11.6 Å². The van der Waals surface area contributed by atoms with Gasteiger partial charge in [-0.05, 0) is 60.1 Å². The first-order valence-electron chi connectivity index (χ1n) is 12.7. The van der Waals surface area contributed by atoms with Crippen LogP contribution in [0.25, 0.3) is 11.1 Å². The number of rotatable bonds is 5. The number of nitrogens with one attached hydrogen (secondary N) is 2. The summed E-state index contributed by atoms with van der Waals surface area (Å²) >= 11 is 0. The van der Waals surface area contributed by atoms with Crippen LogP contribution in [0.15, 0.2) is 41.1 Å². The number of anilines is 1. The number of aryl methyl sites for hydroxylation is 1. The van der Waals surface area contributed by atoms with Crippen molar-refractivity contribution in [1.29, 1.82) is 5.26 Å². The van der Waals surface area contributed by atoms with Gasteiger partial charge in [0.15, 0.2) is 5.82 Å². The highest BCUT2D eigenvalue weighted by Crippen LogP contribution is 2.38. The van der Waals surface area contributed by atoms with Crippen molar-refractivity contribution in [2.24, 2.45) is 11.8 Å². The van der Waals surface area contributed by atoms with Gasteiger partial charge < -0.3 is 15.2 Å². The molecule has 0 radical (unpaired) electrons. The first kappa shape index (κ1) is 24.6. The molecule has 1 unspecified atom stereocenters. The Bertz CT molecular complexity index is 1380. The molecule has 190 valence electrons. The Hall–Kier alpha value is -4.06. The second kappa shape index (κ2) is 9.77. The summed E-state index contributed by atoms with van der Waals surface area (Å²) in [6.45, 7) is 5.90. The molecule has 0 aliphatic heterocycles. The van der Waals surface area contributed by atoms with Crippen LogP contribution in [-0.4, -0.2) is 26.9 Å². The fourth-order valence-electron chi connectivity index (χ4n) is 4.68. The molecule has 0 bridgehead atoms. The third-order valence-electron chi connectivity index (χ3n) is 6.94. The molecule has 0 spiro atoms. The van der Waals surface area contributed by atoms with Crippen molar-refractivity contribution in [2.75, 3.05) is 5.32 Å². The van der Waals surface area contributed by atoms with E-state index < -0.39 is 0 Å². The normalized spacial score (nSPS) is 20.8. The van der Waals surface area contributed by atoms with Crippen molar-refractivity contribution in [2.45, 2.75) is 64.3 Å². The Labute approximate surface area is 215 Å². The van der Waals surface area contributed by atoms with Crippen LogP contribution in [0.2, 0.25) is 0 Å². The monoisotopic (exact) mass is 498 g/mol. The molecule has 2 heterocycles. The summed E-state index contributed by atoms with van der Waals surface area (Å²) in [7, 11) is 0. The summed E-state index contributed by atoms with van der Waals surface area (Å²) in [5.41, 5.74) is 3.91. The third-order valence-corrected chi connectivity index (χ3v) is 6.94. The summed E-state index contributed by atoms with van der Waals surface area (Å²) in [6, 6.07) is 12.0. The lowest BCUT2D eigenvalue weighted by atomic mass is 9.94. The molecule has 2 aliphatic rings. The number of carbonyl (C=O) groups is 2. The van der Waals surface area contributed by atoms with Crippen LogP contribution in [0.4, 0.5) is 5.82 Å². The van der Waals surface area contributed by atoms with Crippen molar-refractivity contribution < 1.29 is 14.1 Å². The number of nitriles is 1. The number of carbonyl (C=O) groups excluding carboxylic acids is 2. The number of fused-ring (bicyclic) bond motifs is 1. The van der Waals surface area contributed by atoms with Crippen LogP contribution < -0.4 is 10.6 Å². The number of pyridine rings is 1. The zero-order chi connectivity index (χ0) is 26.2. The molecule has 37 heavy (non-hydrogen) atoms. The van der Waals surface area contributed by atoms with E-state index in [1.54, 1.807) is 6.20 Å². The van der Waals surface area contributed by atoms with Crippen LogP contribution in [0.3, 0.4) is 0 Å². The lowest BCUT2D eigenvalue weighted by molar-refractivity contribution is -0.117. The average Bonchev–Trinajstić information content (AvgIpc) is 3.55. The van der Waals surface area contributed by atoms with Gasteiger partial charge in [-0.25, -0.2) is 4.98 Å². The smallest absolute Gasteiger partial charge is 0.315 e. The SMILES string of the molecule is CC(C)(C)c1noc(C(=O)NC2CCCCc3cc(-c4ccnc(NC(=O)[C@@H]5C[C@@H]5C#N)c4)ccc32)n1. The topological polar surface area (TPSA) is 134 Å². The van der Waals surface area contributed by atoms with Crippen molar-refractivity contribution in [1.82, 2.24) is 20.4 Å². The molecule has 5 rings (SSSR count). The lowest BCUT2D eigenvalue weighted by Gasteiger charge is -2.19. The zero-order valence-corrected chi connectivity index (χ0v) is 21.2. The van der Waals surface area contributed by atoms with E-state index in [4.69, 9.17) is 9.78 Å². The highest BCUT2D eigenvalue weighted by Gasteiger charge is 2.43. The average molecular weight is 499 g/mol. The van der Waals surface area contributed by atoms with Gasteiger partial charge in [-0.1, -0.05) is 50.5 Å². The molecule has 2 amide bonds. The molecule has 9 nitrogen and oxygen atoms in total. The minimum Gasteiger partial charge on any atom is -0.341 e. The second-order valence-electron chi connectivity index (χ2n) is 10.9. The number of hydrogen-bond acceptors (Lipinski definition) is 7. The fourth-order valence-corrected chi connectivity index (χ4v) is 4.68. The van der Waals surface area contributed by atoms with E-state index >= 15 is 0 Å². The van der Waals surface area contributed by atoms with Crippen LogP contribution in [-0.2, 0) is 16.6 Å². The molecule has 2 N–H and O–H groups in total. The summed E-state index contributed by atoms with van der Waals surface area (Å²) in [5.74, 6) is -0.0185. The van der Waals surface area contributed by atoms with E-state index in [9.17, 15) is 9.59 Å². The summed E-state index contributed by atoms with van der Waals surface area (Å²) in [5, 5.41) is 18.9. The molecule has 9 heteroatoms. The van der Waals surface area contributed by atoms with Crippen LogP contribution in [0.1, 0.15) is 80.1 Å². The molecule has 3 atom stereocenters. The minimum atomic E-state index is -0.367. The van der Waals surface area contributed by atoms with Gasteiger partial charge in [0.05, 0.1) is 23.9 Å². The molecular formula is C28H30N6O3. The molecule has 1 fully saturated rings. The Morgan fingerprint density at radius 1 is 1.14 bits per heavy atom.